The lowest BCUT2D eigenvalue weighted by molar-refractivity contribution is 0.102. The summed E-state index contributed by atoms with van der Waals surface area (Å²) >= 11 is 0. The molecule has 0 unspecified atom stereocenters. The van der Waals surface area contributed by atoms with E-state index in [1.54, 1.807) is 36.9 Å². The van der Waals surface area contributed by atoms with Gasteiger partial charge in [-0.25, -0.2) is 19.3 Å². The van der Waals surface area contributed by atoms with Gasteiger partial charge in [-0.3, -0.25) is 4.79 Å². The van der Waals surface area contributed by atoms with Gasteiger partial charge in [0.15, 0.2) is 11.6 Å². The molecule has 10 nitrogen and oxygen atoms in total. The lowest BCUT2D eigenvalue weighted by atomic mass is 10.2. The van der Waals surface area contributed by atoms with Gasteiger partial charge in [-0.15, -0.1) is 10.2 Å². The summed E-state index contributed by atoms with van der Waals surface area (Å²) in [5, 5.41) is 10.7. The summed E-state index contributed by atoms with van der Waals surface area (Å²) in [5.74, 6) is 0.809. The van der Waals surface area contributed by atoms with Gasteiger partial charge < -0.3 is 19.5 Å². The molecule has 1 saturated heterocycles. The molecule has 1 amide bonds. The predicted octanol–water partition coefficient (Wildman–Crippen LogP) is 4.49. The first kappa shape index (κ1) is 23.3. The molecule has 0 bridgehead atoms. The SMILES string of the molecule is CC(C)n1cnnc1-c1cccc(NC(=O)c2cc(Oc3cnc(N4CCCC4)nc3)ccc2F)n1. The maximum atomic E-state index is 14.5. The van der Waals surface area contributed by atoms with Gasteiger partial charge in [-0.1, -0.05) is 6.07 Å². The molecule has 11 heteroatoms. The van der Waals surface area contributed by atoms with E-state index in [9.17, 15) is 9.18 Å². The van der Waals surface area contributed by atoms with E-state index in [1.807, 2.05) is 18.4 Å². The molecule has 36 heavy (non-hydrogen) atoms. The molecule has 1 aliphatic rings. The Bertz CT molecular complexity index is 1370. The van der Waals surface area contributed by atoms with Crippen molar-refractivity contribution in [3.8, 4) is 23.0 Å². The Morgan fingerprint density at radius 1 is 1.08 bits per heavy atom. The Morgan fingerprint density at radius 2 is 1.86 bits per heavy atom. The first-order chi connectivity index (χ1) is 17.5. The van der Waals surface area contributed by atoms with Crippen LogP contribution in [0.4, 0.5) is 16.2 Å². The minimum absolute atomic E-state index is 0.133. The fourth-order valence-electron chi connectivity index (χ4n) is 3.94. The number of carbonyl (C=O) groups is 1. The van der Waals surface area contributed by atoms with E-state index < -0.39 is 11.7 Å². The largest absolute Gasteiger partial charge is 0.454 e. The number of nitrogens with one attached hydrogen (secondary N) is 1. The smallest absolute Gasteiger partial charge is 0.259 e. The average molecular weight is 489 g/mol. The third-order valence-corrected chi connectivity index (χ3v) is 5.77. The number of pyridine rings is 1. The molecule has 4 heterocycles. The van der Waals surface area contributed by atoms with Gasteiger partial charge in [0.1, 0.15) is 29.4 Å². The molecule has 0 radical (unpaired) electrons. The zero-order chi connectivity index (χ0) is 25.1. The first-order valence-electron chi connectivity index (χ1n) is 11.7. The van der Waals surface area contributed by atoms with Crippen LogP contribution >= 0.6 is 0 Å². The second kappa shape index (κ2) is 10.1. The highest BCUT2D eigenvalue weighted by Gasteiger charge is 2.17. The van der Waals surface area contributed by atoms with Crippen LogP contribution in [0.1, 0.15) is 43.1 Å². The van der Waals surface area contributed by atoms with Crippen molar-refractivity contribution in [2.24, 2.45) is 0 Å². The van der Waals surface area contributed by atoms with Crippen LogP contribution in [0, 0.1) is 5.82 Å². The van der Waals surface area contributed by atoms with Crippen LogP contribution in [-0.4, -0.2) is 48.7 Å². The molecule has 0 spiro atoms. The highest BCUT2D eigenvalue weighted by atomic mass is 19.1. The molecule has 0 saturated carbocycles. The topological polar surface area (TPSA) is 111 Å². The van der Waals surface area contributed by atoms with E-state index in [1.165, 1.54) is 18.2 Å². The van der Waals surface area contributed by atoms with E-state index in [-0.39, 0.29) is 23.2 Å². The molecule has 0 atom stereocenters. The highest BCUT2D eigenvalue weighted by Crippen LogP contribution is 2.25. The fourth-order valence-corrected chi connectivity index (χ4v) is 3.94. The van der Waals surface area contributed by atoms with Crippen molar-refractivity contribution in [3.63, 3.8) is 0 Å². The molecule has 1 aliphatic heterocycles. The van der Waals surface area contributed by atoms with Crippen molar-refractivity contribution in [3.05, 3.63) is 66.5 Å². The van der Waals surface area contributed by atoms with Crippen LogP contribution in [-0.2, 0) is 0 Å². The number of hydrogen-bond acceptors (Lipinski definition) is 8. The predicted molar refractivity (Wildman–Crippen MR) is 132 cm³/mol. The van der Waals surface area contributed by atoms with Gasteiger partial charge in [0.05, 0.1) is 18.0 Å². The van der Waals surface area contributed by atoms with Crippen LogP contribution in [0.5, 0.6) is 11.5 Å². The van der Waals surface area contributed by atoms with Gasteiger partial charge in [-0.05, 0) is 57.0 Å². The van der Waals surface area contributed by atoms with Crippen LogP contribution in [0.25, 0.3) is 11.5 Å². The maximum Gasteiger partial charge on any atom is 0.259 e. The molecular weight excluding hydrogens is 463 g/mol. The van der Waals surface area contributed by atoms with E-state index in [0.29, 0.717) is 23.2 Å². The van der Waals surface area contributed by atoms with Gasteiger partial charge in [0.25, 0.3) is 5.91 Å². The van der Waals surface area contributed by atoms with Crippen LogP contribution in [0.2, 0.25) is 0 Å². The molecule has 1 fully saturated rings. The van der Waals surface area contributed by atoms with Gasteiger partial charge in [0.2, 0.25) is 5.95 Å². The van der Waals surface area contributed by atoms with Crippen LogP contribution in [0.15, 0.2) is 55.1 Å². The summed E-state index contributed by atoms with van der Waals surface area (Å²) in [4.78, 5) is 28.2. The van der Waals surface area contributed by atoms with Gasteiger partial charge in [-0.2, -0.15) is 0 Å². The third-order valence-electron chi connectivity index (χ3n) is 5.77. The van der Waals surface area contributed by atoms with Crippen LogP contribution in [0.3, 0.4) is 0 Å². The van der Waals surface area contributed by atoms with Crippen molar-refractivity contribution in [2.45, 2.75) is 32.7 Å². The first-order valence-corrected chi connectivity index (χ1v) is 11.7. The number of carbonyl (C=O) groups excluding carboxylic acids is 1. The normalized spacial score (nSPS) is 13.3. The zero-order valence-electron chi connectivity index (χ0n) is 19.9. The van der Waals surface area contributed by atoms with E-state index in [0.717, 1.165) is 25.9 Å². The van der Waals surface area contributed by atoms with Crippen molar-refractivity contribution in [2.75, 3.05) is 23.3 Å². The minimum Gasteiger partial charge on any atom is -0.454 e. The van der Waals surface area contributed by atoms with Crippen molar-refractivity contribution in [1.82, 2.24) is 29.7 Å². The molecule has 4 aromatic rings. The standard InChI is InChI=1S/C25H25FN8O2/c1-16(2)34-15-29-32-23(34)21-6-5-7-22(30-21)31-24(35)19-12-17(8-9-20(19)26)36-18-13-27-25(28-14-18)33-10-3-4-11-33/h5-9,12-16H,3-4,10-11H2,1-2H3,(H,30,31,35). The monoisotopic (exact) mass is 488 g/mol. The molecule has 184 valence electrons. The second-order valence-corrected chi connectivity index (χ2v) is 8.67. The molecule has 3 aromatic heterocycles. The third kappa shape index (κ3) is 4.99. The van der Waals surface area contributed by atoms with E-state index >= 15 is 0 Å². The number of ether oxygens (including phenoxy) is 1. The van der Waals surface area contributed by atoms with Gasteiger partial charge >= 0.3 is 0 Å². The fraction of sp³-hybridized carbons (Fsp3) is 0.280. The maximum absolute atomic E-state index is 14.5. The summed E-state index contributed by atoms with van der Waals surface area (Å²) in [6, 6.07) is 9.21. The Morgan fingerprint density at radius 3 is 2.61 bits per heavy atom. The summed E-state index contributed by atoms with van der Waals surface area (Å²) in [5.41, 5.74) is 0.355. The average Bonchev–Trinajstić information content (AvgIpc) is 3.59. The Kier molecular flexibility index (Phi) is 6.52. The summed E-state index contributed by atoms with van der Waals surface area (Å²) in [7, 11) is 0. The lowest BCUT2D eigenvalue weighted by Crippen LogP contribution is -2.20. The lowest BCUT2D eigenvalue weighted by Gasteiger charge is -2.15. The summed E-state index contributed by atoms with van der Waals surface area (Å²) < 4.78 is 22.2. The second-order valence-electron chi connectivity index (χ2n) is 8.67. The molecular formula is C25H25FN8O2. The van der Waals surface area contributed by atoms with Crippen molar-refractivity contribution >= 4 is 17.7 Å². The number of halogens is 1. The number of aromatic nitrogens is 6. The summed E-state index contributed by atoms with van der Waals surface area (Å²) in [6.45, 7) is 5.88. The number of anilines is 2. The molecule has 0 aliphatic carbocycles. The van der Waals surface area contributed by atoms with E-state index in [2.05, 4.69) is 35.4 Å². The van der Waals surface area contributed by atoms with E-state index in [4.69, 9.17) is 4.74 Å². The Labute approximate surface area is 207 Å². The molecule has 5 rings (SSSR count). The zero-order valence-corrected chi connectivity index (χ0v) is 19.9. The highest BCUT2D eigenvalue weighted by molar-refractivity contribution is 6.04. The van der Waals surface area contributed by atoms with Crippen molar-refractivity contribution < 1.29 is 13.9 Å². The van der Waals surface area contributed by atoms with Crippen LogP contribution < -0.4 is 15.0 Å². The molecule has 1 aromatic carbocycles. The number of hydrogen-bond donors (Lipinski definition) is 1. The Balaban J connectivity index is 1.31. The van der Waals surface area contributed by atoms with Gasteiger partial charge in [0, 0.05) is 19.1 Å². The molecule has 1 N–H and O–H groups in total. The number of benzene rings is 1. The quantitative estimate of drug-likeness (QED) is 0.405. The number of rotatable bonds is 7. The number of nitrogens with zero attached hydrogens (tertiary/aromatic N) is 7. The minimum atomic E-state index is -0.684. The Hall–Kier alpha value is -4.41. The van der Waals surface area contributed by atoms with Crippen molar-refractivity contribution in [1.29, 1.82) is 0 Å². The number of amides is 1. The summed E-state index contributed by atoms with van der Waals surface area (Å²) in [6.07, 6.45) is 7.01.